The molecule has 0 atom stereocenters. The van der Waals surface area contributed by atoms with E-state index in [1.807, 2.05) is 0 Å². The number of benzene rings is 1. The molecule has 0 radical (unpaired) electrons. The van der Waals surface area contributed by atoms with Crippen molar-refractivity contribution < 1.29 is 19.0 Å². The van der Waals surface area contributed by atoms with E-state index in [-0.39, 0.29) is 12.7 Å². The van der Waals surface area contributed by atoms with Crippen LogP contribution in [0, 0.1) is 0 Å². The second-order valence-corrected chi connectivity index (χ2v) is 4.91. The van der Waals surface area contributed by atoms with E-state index >= 15 is 0 Å². The third-order valence-electron chi connectivity index (χ3n) is 3.19. The maximum absolute atomic E-state index is 12.0. The Labute approximate surface area is 121 Å². The standard InChI is InChI=1S/C14H14ClNO4/c15-11-7-10(8-12-14(11)20-9-19-12)1-2-13(17)16-3-5-18-6-4-16/h1-2,7-8H,3-6,9H2/b2-1+. The molecule has 0 bridgehead atoms. The Kier molecular flexibility index (Phi) is 3.80. The van der Waals surface area contributed by atoms with Crippen LogP contribution < -0.4 is 9.47 Å². The number of nitrogens with zero attached hydrogens (tertiary/aromatic N) is 1. The molecule has 1 aromatic rings. The fourth-order valence-corrected chi connectivity index (χ4v) is 2.41. The molecule has 0 saturated carbocycles. The summed E-state index contributed by atoms with van der Waals surface area (Å²) < 4.78 is 15.7. The van der Waals surface area contributed by atoms with Gasteiger partial charge in [-0.1, -0.05) is 11.6 Å². The molecular formula is C14H14ClNO4. The molecule has 3 rings (SSSR count). The average Bonchev–Trinajstić information content (AvgIpc) is 2.94. The van der Waals surface area contributed by atoms with Gasteiger partial charge in [0, 0.05) is 19.2 Å². The fraction of sp³-hybridized carbons (Fsp3) is 0.357. The number of amides is 1. The zero-order chi connectivity index (χ0) is 13.9. The SMILES string of the molecule is O=C(/C=C/c1cc(Cl)c2c(c1)OCO2)N1CCOCC1. The highest BCUT2D eigenvalue weighted by Crippen LogP contribution is 2.40. The van der Waals surface area contributed by atoms with Gasteiger partial charge in [-0.2, -0.15) is 0 Å². The smallest absolute Gasteiger partial charge is 0.246 e. The normalized spacial score (nSPS) is 17.8. The maximum Gasteiger partial charge on any atom is 0.246 e. The molecule has 2 aliphatic heterocycles. The molecule has 0 N–H and O–H groups in total. The second kappa shape index (κ2) is 5.73. The van der Waals surface area contributed by atoms with Gasteiger partial charge < -0.3 is 19.1 Å². The summed E-state index contributed by atoms with van der Waals surface area (Å²) in [6.45, 7) is 2.62. The molecule has 1 amide bonds. The number of halogens is 1. The fourth-order valence-electron chi connectivity index (χ4n) is 2.14. The lowest BCUT2D eigenvalue weighted by Gasteiger charge is -2.25. The molecule has 106 valence electrons. The predicted octanol–water partition coefficient (Wildman–Crippen LogP) is 1.94. The van der Waals surface area contributed by atoms with Crippen LogP contribution in [-0.4, -0.2) is 43.9 Å². The first kappa shape index (κ1) is 13.3. The highest BCUT2D eigenvalue weighted by Gasteiger charge is 2.18. The molecule has 2 aliphatic rings. The van der Waals surface area contributed by atoms with Crippen molar-refractivity contribution in [1.29, 1.82) is 0 Å². The number of rotatable bonds is 2. The minimum atomic E-state index is -0.0258. The molecule has 0 aromatic heterocycles. The van der Waals surface area contributed by atoms with Gasteiger partial charge in [-0.15, -0.1) is 0 Å². The Morgan fingerprint density at radius 2 is 2.05 bits per heavy atom. The topological polar surface area (TPSA) is 48.0 Å². The lowest BCUT2D eigenvalue weighted by Crippen LogP contribution is -2.39. The lowest BCUT2D eigenvalue weighted by atomic mass is 10.2. The largest absolute Gasteiger partial charge is 0.454 e. The van der Waals surface area contributed by atoms with Gasteiger partial charge in [0.05, 0.1) is 18.2 Å². The molecule has 1 aromatic carbocycles. The molecular weight excluding hydrogens is 282 g/mol. The molecule has 2 heterocycles. The monoisotopic (exact) mass is 295 g/mol. The number of hydrogen-bond acceptors (Lipinski definition) is 4. The van der Waals surface area contributed by atoms with Crippen LogP contribution in [0.15, 0.2) is 18.2 Å². The summed E-state index contributed by atoms with van der Waals surface area (Å²) in [5, 5.41) is 0.485. The minimum absolute atomic E-state index is 0.0258. The second-order valence-electron chi connectivity index (χ2n) is 4.51. The van der Waals surface area contributed by atoms with Crippen molar-refractivity contribution in [2.24, 2.45) is 0 Å². The summed E-state index contributed by atoms with van der Waals surface area (Å²) in [5.41, 5.74) is 0.806. The van der Waals surface area contributed by atoms with Gasteiger partial charge in [-0.25, -0.2) is 0 Å². The Bertz CT molecular complexity index is 552. The van der Waals surface area contributed by atoms with Gasteiger partial charge in [0.2, 0.25) is 12.7 Å². The van der Waals surface area contributed by atoms with E-state index in [2.05, 4.69) is 0 Å². The van der Waals surface area contributed by atoms with E-state index in [0.717, 1.165) is 5.56 Å². The van der Waals surface area contributed by atoms with Crippen molar-refractivity contribution in [1.82, 2.24) is 4.90 Å². The highest BCUT2D eigenvalue weighted by atomic mass is 35.5. The summed E-state index contributed by atoms with van der Waals surface area (Å²) in [6, 6.07) is 3.55. The number of morpholine rings is 1. The van der Waals surface area contributed by atoms with Crippen LogP contribution in [0.2, 0.25) is 5.02 Å². The number of carbonyl (C=O) groups excluding carboxylic acids is 1. The molecule has 6 heteroatoms. The van der Waals surface area contributed by atoms with Crippen molar-refractivity contribution in [3.8, 4) is 11.5 Å². The van der Waals surface area contributed by atoms with E-state index in [4.69, 9.17) is 25.8 Å². The van der Waals surface area contributed by atoms with Gasteiger partial charge in [-0.05, 0) is 23.8 Å². The Morgan fingerprint density at radius 1 is 1.25 bits per heavy atom. The zero-order valence-corrected chi connectivity index (χ0v) is 11.6. The van der Waals surface area contributed by atoms with Crippen molar-refractivity contribution in [2.45, 2.75) is 0 Å². The van der Waals surface area contributed by atoms with E-state index < -0.39 is 0 Å². The molecule has 5 nitrogen and oxygen atoms in total. The summed E-state index contributed by atoms with van der Waals surface area (Å²) in [4.78, 5) is 13.7. The molecule has 20 heavy (non-hydrogen) atoms. The van der Waals surface area contributed by atoms with Crippen molar-refractivity contribution in [3.63, 3.8) is 0 Å². The van der Waals surface area contributed by atoms with Crippen molar-refractivity contribution >= 4 is 23.6 Å². The molecule has 1 saturated heterocycles. The minimum Gasteiger partial charge on any atom is -0.454 e. The van der Waals surface area contributed by atoms with Crippen LogP contribution in [0.3, 0.4) is 0 Å². The third-order valence-corrected chi connectivity index (χ3v) is 3.47. The van der Waals surface area contributed by atoms with E-state index in [1.54, 1.807) is 29.2 Å². The van der Waals surface area contributed by atoms with Gasteiger partial charge in [0.1, 0.15) is 0 Å². The van der Waals surface area contributed by atoms with Crippen LogP contribution in [0.1, 0.15) is 5.56 Å². The maximum atomic E-state index is 12.0. The molecule has 0 aliphatic carbocycles. The van der Waals surface area contributed by atoms with Crippen LogP contribution in [0.4, 0.5) is 0 Å². The van der Waals surface area contributed by atoms with Crippen LogP contribution >= 0.6 is 11.6 Å². The zero-order valence-electron chi connectivity index (χ0n) is 10.8. The number of ether oxygens (including phenoxy) is 3. The van der Waals surface area contributed by atoms with Crippen LogP contribution in [-0.2, 0) is 9.53 Å². The van der Waals surface area contributed by atoms with Crippen molar-refractivity contribution in [3.05, 3.63) is 28.8 Å². The van der Waals surface area contributed by atoms with E-state index in [0.29, 0.717) is 42.8 Å². The Morgan fingerprint density at radius 3 is 2.85 bits per heavy atom. The molecule has 0 spiro atoms. The summed E-state index contributed by atoms with van der Waals surface area (Å²) in [6.07, 6.45) is 3.27. The highest BCUT2D eigenvalue weighted by molar-refractivity contribution is 6.32. The summed E-state index contributed by atoms with van der Waals surface area (Å²) in [5.74, 6) is 1.14. The summed E-state index contributed by atoms with van der Waals surface area (Å²) >= 11 is 6.09. The quantitative estimate of drug-likeness (QED) is 0.783. The Hall–Kier alpha value is -1.72. The third kappa shape index (κ3) is 2.73. The van der Waals surface area contributed by atoms with E-state index in [9.17, 15) is 4.79 Å². The first-order chi connectivity index (χ1) is 9.74. The molecule has 1 fully saturated rings. The number of fused-ring (bicyclic) bond motifs is 1. The Balaban J connectivity index is 1.72. The first-order valence-electron chi connectivity index (χ1n) is 6.38. The van der Waals surface area contributed by atoms with Crippen LogP contribution in [0.25, 0.3) is 6.08 Å². The van der Waals surface area contributed by atoms with Gasteiger partial charge in [0.25, 0.3) is 0 Å². The van der Waals surface area contributed by atoms with Crippen molar-refractivity contribution in [2.75, 3.05) is 33.1 Å². The van der Waals surface area contributed by atoms with Gasteiger partial charge in [-0.3, -0.25) is 4.79 Å². The van der Waals surface area contributed by atoms with Gasteiger partial charge >= 0.3 is 0 Å². The summed E-state index contributed by atoms with van der Waals surface area (Å²) in [7, 11) is 0. The molecule has 0 unspecified atom stereocenters. The lowest BCUT2D eigenvalue weighted by molar-refractivity contribution is -0.129. The first-order valence-corrected chi connectivity index (χ1v) is 6.76. The number of hydrogen-bond donors (Lipinski definition) is 0. The predicted molar refractivity (Wildman–Crippen MR) is 74.0 cm³/mol. The van der Waals surface area contributed by atoms with Crippen LogP contribution in [0.5, 0.6) is 11.5 Å². The van der Waals surface area contributed by atoms with Gasteiger partial charge in [0.15, 0.2) is 11.5 Å². The average molecular weight is 296 g/mol. The van der Waals surface area contributed by atoms with E-state index in [1.165, 1.54) is 0 Å². The number of carbonyl (C=O) groups is 1.